The van der Waals surface area contributed by atoms with Crippen LogP contribution in [0.5, 0.6) is 0 Å². The molecule has 2 N–H and O–H groups in total. The predicted molar refractivity (Wildman–Crippen MR) is 68.3 cm³/mol. The van der Waals surface area contributed by atoms with Crippen LogP contribution in [0.4, 0.5) is 5.82 Å². The van der Waals surface area contributed by atoms with Gasteiger partial charge < -0.3 is 5.73 Å². The number of nitrogens with zero attached hydrogens (tertiary/aromatic N) is 1. The van der Waals surface area contributed by atoms with Gasteiger partial charge in [-0.25, -0.2) is 4.98 Å². The zero-order valence-electron chi connectivity index (χ0n) is 7.92. The highest BCUT2D eigenvalue weighted by atomic mass is 127. The number of benzene rings is 1. The minimum Gasteiger partial charge on any atom is -0.383 e. The topological polar surface area (TPSA) is 38.9 Å². The Hall–Kier alpha value is -0.840. The maximum Gasteiger partial charge on any atom is 0.128 e. The molecule has 0 aliphatic rings. The molecule has 0 fully saturated rings. The van der Waals surface area contributed by atoms with Gasteiger partial charge in [0, 0.05) is 10.9 Å². The predicted octanol–water partition coefficient (Wildman–Crippen LogP) is 2.98. The molecule has 0 spiro atoms. The van der Waals surface area contributed by atoms with Gasteiger partial charge in [0.25, 0.3) is 0 Å². The van der Waals surface area contributed by atoms with E-state index in [1.165, 1.54) is 10.8 Å². The van der Waals surface area contributed by atoms with Gasteiger partial charge in [0.05, 0.1) is 0 Å². The van der Waals surface area contributed by atoms with Gasteiger partial charge in [0.1, 0.15) is 9.52 Å². The first-order valence-electron chi connectivity index (χ1n) is 4.56. The molecular formula is C11H11IN2. The molecule has 2 rings (SSSR count). The average molecular weight is 298 g/mol. The SMILES string of the molecule is CCc1c(N)nc(I)c2ccccc12. The Labute approximate surface area is 96.7 Å². The van der Waals surface area contributed by atoms with Gasteiger partial charge in [-0.15, -0.1) is 0 Å². The molecule has 0 saturated heterocycles. The molecule has 1 heterocycles. The van der Waals surface area contributed by atoms with E-state index in [0.29, 0.717) is 5.82 Å². The molecule has 3 heteroatoms. The van der Waals surface area contributed by atoms with Crippen LogP contribution < -0.4 is 5.73 Å². The zero-order valence-corrected chi connectivity index (χ0v) is 10.1. The zero-order chi connectivity index (χ0) is 10.1. The van der Waals surface area contributed by atoms with Crippen LogP contribution in [0, 0.1) is 3.70 Å². The third kappa shape index (κ3) is 1.45. The second-order valence-corrected chi connectivity index (χ2v) is 4.19. The molecule has 0 amide bonds. The lowest BCUT2D eigenvalue weighted by atomic mass is 10.1. The van der Waals surface area contributed by atoms with Crippen molar-refractivity contribution < 1.29 is 0 Å². The molecule has 1 aromatic heterocycles. The third-order valence-corrected chi connectivity index (χ3v) is 3.18. The molecule has 0 atom stereocenters. The van der Waals surface area contributed by atoms with Gasteiger partial charge in [-0.3, -0.25) is 0 Å². The van der Waals surface area contributed by atoms with Crippen molar-refractivity contribution in [1.82, 2.24) is 4.98 Å². The van der Waals surface area contributed by atoms with Gasteiger partial charge in [-0.2, -0.15) is 0 Å². The number of rotatable bonds is 1. The number of hydrogen-bond acceptors (Lipinski definition) is 2. The van der Waals surface area contributed by atoms with Crippen molar-refractivity contribution in [3.05, 3.63) is 33.5 Å². The molecule has 0 saturated carbocycles. The van der Waals surface area contributed by atoms with Crippen LogP contribution in [0.1, 0.15) is 12.5 Å². The molecule has 0 radical (unpaired) electrons. The summed E-state index contributed by atoms with van der Waals surface area (Å²) in [6.45, 7) is 2.10. The third-order valence-electron chi connectivity index (χ3n) is 2.36. The Bertz CT molecular complexity index is 480. The Morgan fingerprint density at radius 3 is 2.57 bits per heavy atom. The fourth-order valence-corrected chi connectivity index (χ4v) is 2.40. The summed E-state index contributed by atoms with van der Waals surface area (Å²) in [5, 5.41) is 2.42. The van der Waals surface area contributed by atoms with E-state index in [-0.39, 0.29) is 0 Å². The van der Waals surface area contributed by atoms with E-state index in [1.54, 1.807) is 0 Å². The molecular weight excluding hydrogens is 287 g/mol. The number of hydrogen-bond donors (Lipinski definition) is 1. The Morgan fingerprint density at radius 2 is 1.93 bits per heavy atom. The van der Waals surface area contributed by atoms with Gasteiger partial charge >= 0.3 is 0 Å². The Morgan fingerprint density at radius 1 is 1.29 bits per heavy atom. The minimum atomic E-state index is 0.663. The van der Waals surface area contributed by atoms with Crippen molar-refractivity contribution in [2.45, 2.75) is 13.3 Å². The standard InChI is InChI=1S/C11H11IN2/c1-2-7-8-5-3-4-6-9(8)10(12)14-11(7)13/h3-6H,2H2,1H3,(H2,13,14). The maximum atomic E-state index is 5.88. The van der Waals surface area contributed by atoms with E-state index in [1.807, 2.05) is 12.1 Å². The van der Waals surface area contributed by atoms with Crippen LogP contribution in [-0.4, -0.2) is 4.98 Å². The van der Waals surface area contributed by atoms with E-state index >= 15 is 0 Å². The lowest BCUT2D eigenvalue weighted by Crippen LogP contribution is -2.00. The van der Waals surface area contributed by atoms with Crippen molar-refractivity contribution in [2.24, 2.45) is 0 Å². The quantitative estimate of drug-likeness (QED) is 0.649. The van der Waals surface area contributed by atoms with Crippen molar-refractivity contribution >= 4 is 39.2 Å². The second kappa shape index (κ2) is 3.73. The molecule has 0 aliphatic heterocycles. The first kappa shape index (κ1) is 9.71. The second-order valence-electron chi connectivity index (χ2n) is 3.17. The molecule has 72 valence electrons. The Balaban J connectivity index is 2.90. The maximum absolute atomic E-state index is 5.88. The summed E-state index contributed by atoms with van der Waals surface area (Å²) in [6.07, 6.45) is 0.927. The van der Waals surface area contributed by atoms with Crippen LogP contribution >= 0.6 is 22.6 Å². The van der Waals surface area contributed by atoms with E-state index in [9.17, 15) is 0 Å². The first-order chi connectivity index (χ1) is 6.74. The summed E-state index contributed by atoms with van der Waals surface area (Å²) in [6, 6.07) is 8.26. The summed E-state index contributed by atoms with van der Waals surface area (Å²) in [4.78, 5) is 4.34. The molecule has 0 bridgehead atoms. The molecule has 14 heavy (non-hydrogen) atoms. The molecule has 2 aromatic rings. The average Bonchev–Trinajstić information content (AvgIpc) is 2.18. The minimum absolute atomic E-state index is 0.663. The number of pyridine rings is 1. The van der Waals surface area contributed by atoms with E-state index in [4.69, 9.17) is 5.73 Å². The highest BCUT2D eigenvalue weighted by Gasteiger charge is 2.07. The number of halogens is 1. The van der Waals surface area contributed by atoms with Crippen LogP contribution in [0.25, 0.3) is 10.8 Å². The van der Waals surface area contributed by atoms with Gasteiger partial charge in [0.15, 0.2) is 0 Å². The van der Waals surface area contributed by atoms with Gasteiger partial charge in [-0.1, -0.05) is 31.2 Å². The van der Waals surface area contributed by atoms with Crippen LogP contribution in [0.2, 0.25) is 0 Å². The number of nitrogen functional groups attached to an aromatic ring is 1. The molecule has 0 aliphatic carbocycles. The summed E-state index contributed by atoms with van der Waals surface area (Å²) >= 11 is 2.23. The summed E-state index contributed by atoms with van der Waals surface area (Å²) < 4.78 is 0.980. The van der Waals surface area contributed by atoms with Crippen molar-refractivity contribution in [2.75, 3.05) is 5.73 Å². The van der Waals surface area contributed by atoms with Crippen LogP contribution in [0.15, 0.2) is 24.3 Å². The largest absolute Gasteiger partial charge is 0.383 e. The monoisotopic (exact) mass is 298 g/mol. The van der Waals surface area contributed by atoms with E-state index < -0.39 is 0 Å². The first-order valence-corrected chi connectivity index (χ1v) is 5.64. The van der Waals surface area contributed by atoms with Crippen LogP contribution in [-0.2, 0) is 6.42 Å². The van der Waals surface area contributed by atoms with Crippen LogP contribution in [0.3, 0.4) is 0 Å². The van der Waals surface area contributed by atoms with Gasteiger partial charge in [-0.05, 0) is 34.4 Å². The number of aryl methyl sites for hydroxylation is 1. The number of fused-ring (bicyclic) bond motifs is 1. The number of nitrogens with two attached hydrogens (primary N) is 1. The number of anilines is 1. The van der Waals surface area contributed by atoms with E-state index in [0.717, 1.165) is 15.7 Å². The van der Waals surface area contributed by atoms with Crippen molar-refractivity contribution in [3.8, 4) is 0 Å². The highest BCUT2D eigenvalue weighted by Crippen LogP contribution is 2.26. The molecule has 0 unspecified atom stereocenters. The summed E-state index contributed by atoms with van der Waals surface area (Å²) in [7, 11) is 0. The lowest BCUT2D eigenvalue weighted by Gasteiger charge is -2.08. The fraction of sp³-hybridized carbons (Fsp3) is 0.182. The molecule has 2 nitrogen and oxygen atoms in total. The Kier molecular flexibility index (Phi) is 2.58. The highest BCUT2D eigenvalue weighted by molar-refractivity contribution is 14.1. The van der Waals surface area contributed by atoms with Crippen molar-refractivity contribution in [3.63, 3.8) is 0 Å². The smallest absolute Gasteiger partial charge is 0.128 e. The fourth-order valence-electron chi connectivity index (χ4n) is 1.67. The normalized spacial score (nSPS) is 10.7. The lowest BCUT2D eigenvalue weighted by molar-refractivity contribution is 1.13. The van der Waals surface area contributed by atoms with E-state index in [2.05, 4.69) is 46.6 Å². The van der Waals surface area contributed by atoms with Crippen molar-refractivity contribution in [1.29, 1.82) is 0 Å². The van der Waals surface area contributed by atoms with Gasteiger partial charge in [0.2, 0.25) is 0 Å². The number of aromatic nitrogens is 1. The molecule has 1 aromatic carbocycles. The summed E-state index contributed by atoms with van der Waals surface area (Å²) in [5.41, 5.74) is 7.04. The summed E-state index contributed by atoms with van der Waals surface area (Å²) in [5.74, 6) is 0.663.